The number of benzene rings is 4. The van der Waals surface area contributed by atoms with Gasteiger partial charge in [-0.2, -0.15) is 0 Å². The lowest BCUT2D eigenvalue weighted by molar-refractivity contribution is -0.106. The van der Waals surface area contributed by atoms with Crippen LogP contribution < -0.4 is 21.2 Å². The Hall–Kier alpha value is -2.85. The van der Waals surface area contributed by atoms with Crippen LogP contribution in [-0.2, 0) is 4.79 Å². The van der Waals surface area contributed by atoms with Crippen LogP contribution in [0.5, 0.6) is 0 Å². The molecule has 0 aromatic heterocycles. The van der Waals surface area contributed by atoms with E-state index in [1.54, 1.807) is 0 Å². The van der Waals surface area contributed by atoms with Crippen molar-refractivity contribution in [3.63, 3.8) is 0 Å². The van der Waals surface area contributed by atoms with Crippen LogP contribution >= 0.6 is 13.8 Å². The zero-order valence-electron chi connectivity index (χ0n) is 17.2. The molecule has 0 N–H and O–H groups in total. The minimum absolute atomic E-state index is 0.160. The Bertz CT molecular complexity index is 1120. The second-order valence-corrected chi connectivity index (χ2v) is 15.1. The highest BCUT2D eigenvalue weighted by Crippen LogP contribution is 2.61. The van der Waals surface area contributed by atoms with E-state index in [9.17, 15) is 4.79 Å². The van der Waals surface area contributed by atoms with E-state index in [0.717, 1.165) is 5.90 Å². The quantitative estimate of drug-likeness (QED) is 0.430. The zero-order valence-corrected chi connectivity index (χ0v) is 19.0. The molecule has 0 atom stereocenters. The topological polar surface area (TPSA) is 17.1 Å². The van der Waals surface area contributed by atoms with E-state index in [0.29, 0.717) is 0 Å². The van der Waals surface area contributed by atoms with Gasteiger partial charge < -0.3 is 0 Å². The first-order valence-corrected chi connectivity index (χ1v) is 14.6. The fraction of sp³-hybridized carbons (Fsp3) is 0.0357. The Morgan fingerprint density at radius 3 is 0.935 bits per heavy atom. The van der Waals surface area contributed by atoms with Gasteiger partial charge in [-0.1, -0.05) is 121 Å². The third kappa shape index (κ3) is 3.59. The predicted molar refractivity (Wildman–Crippen MR) is 140 cm³/mol. The molecule has 1 aliphatic heterocycles. The highest BCUT2D eigenvalue weighted by atomic mass is 31.2. The summed E-state index contributed by atoms with van der Waals surface area (Å²) in [6.45, 7) is -4.12. The maximum Gasteiger partial charge on any atom is 0.180 e. The fourth-order valence-corrected chi connectivity index (χ4v) is 15.8. The van der Waals surface area contributed by atoms with Gasteiger partial charge >= 0.3 is 0 Å². The van der Waals surface area contributed by atoms with Crippen LogP contribution in [0.15, 0.2) is 121 Å². The molecule has 0 radical (unpaired) electrons. The maximum absolute atomic E-state index is 13.5. The van der Waals surface area contributed by atoms with E-state index >= 15 is 0 Å². The van der Waals surface area contributed by atoms with Crippen molar-refractivity contribution < 1.29 is 4.79 Å². The van der Waals surface area contributed by atoms with Gasteiger partial charge in [0, 0.05) is 5.90 Å². The average molecular weight is 438 g/mol. The first-order valence-electron chi connectivity index (χ1n) is 10.5. The number of carbonyl (C=O) groups excluding carboxylic acids is 1. The van der Waals surface area contributed by atoms with Crippen LogP contribution in [0.1, 0.15) is 0 Å². The normalized spacial score (nSPS) is 16.7. The van der Waals surface area contributed by atoms with Crippen molar-refractivity contribution in [1.82, 2.24) is 0 Å². The Balaban J connectivity index is 1.85. The molecule has 0 bridgehead atoms. The summed E-state index contributed by atoms with van der Waals surface area (Å²) >= 11 is 0. The van der Waals surface area contributed by atoms with E-state index in [1.807, 2.05) is 0 Å². The monoisotopic (exact) mass is 438 g/mol. The highest BCUT2D eigenvalue weighted by molar-refractivity contribution is 8.05. The van der Waals surface area contributed by atoms with Crippen molar-refractivity contribution in [1.29, 1.82) is 0 Å². The second kappa shape index (κ2) is 8.35. The molecule has 4 aromatic rings. The summed E-state index contributed by atoms with van der Waals surface area (Å²) in [4.78, 5) is 13.5. The molecular formula is C28H24OP2. The van der Waals surface area contributed by atoms with Crippen LogP contribution in [0.3, 0.4) is 0 Å². The van der Waals surface area contributed by atoms with Gasteiger partial charge in [-0.15, -0.1) is 0 Å². The van der Waals surface area contributed by atoms with Crippen molar-refractivity contribution in [2.75, 3.05) is 5.90 Å². The van der Waals surface area contributed by atoms with Gasteiger partial charge in [0.05, 0.1) is 0 Å². The summed E-state index contributed by atoms with van der Waals surface area (Å²) in [7, 11) is 0. The molecule has 0 saturated heterocycles. The lowest BCUT2D eigenvalue weighted by atomic mass is 10.4. The van der Waals surface area contributed by atoms with Crippen LogP contribution in [0.4, 0.5) is 0 Å². The summed E-state index contributed by atoms with van der Waals surface area (Å²) in [5, 5.41) is 5.11. The molecule has 1 aliphatic rings. The second-order valence-electron chi connectivity index (χ2n) is 7.88. The summed E-state index contributed by atoms with van der Waals surface area (Å²) < 4.78 is 0. The summed E-state index contributed by atoms with van der Waals surface area (Å²) in [6, 6.07) is 42.7. The van der Waals surface area contributed by atoms with Gasteiger partial charge in [0.25, 0.3) is 0 Å². The third-order valence-corrected chi connectivity index (χ3v) is 15.8. The molecule has 0 fully saturated rings. The SMILES string of the molecule is O=C1C=P(c2ccccc2)(c2ccccc2)CP(c2ccccc2)(c2ccccc2)=C1. The van der Waals surface area contributed by atoms with Crippen LogP contribution in [0.25, 0.3) is 0 Å². The van der Waals surface area contributed by atoms with Crippen molar-refractivity contribution in [2.45, 2.75) is 0 Å². The first-order chi connectivity index (χ1) is 15.2. The van der Waals surface area contributed by atoms with E-state index in [4.69, 9.17) is 0 Å². The minimum Gasteiger partial charge on any atom is -0.290 e. The molecular weight excluding hydrogens is 414 g/mol. The minimum atomic E-state index is -2.06. The third-order valence-electron chi connectivity index (χ3n) is 6.01. The molecule has 3 heteroatoms. The Kier molecular flexibility index (Phi) is 5.41. The summed E-state index contributed by atoms with van der Waals surface area (Å²) in [5.41, 5.74) is 0. The van der Waals surface area contributed by atoms with Gasteiger partial charge in [0.2, 0.25) is 0 Å². The van der Waals surface area contributed by atoms with Gasteiger partial charge in [-0.05, 0) is 46.6 Å². The molecule has 4 aromatic carbocycles. The molecule has 0 unspecified atom stereocenters. The number of ketones is 1. The molecule has 0 aliphatic carbocycles. The zero-order chi connectivity index (χ0) is 21.2. The van der Waals surface area contributed by atoms with E-state index < -0.39 is 13.8 Å². The van der Waals surface area contributed by atoms with Crippen molar-refractivity contribution >= 4 is 52.4 Å². The molecule has 5 rings (SSSR count). The maximum atomic E-state index is 13.5. The molecule has 0 spiro atoms. The Morgan fingerprint density at radius 1 is 0.419 bits per heavy atom. The standard InChI is InChI=1S/C28H24OP2/c29-24-21-30(25-13-5-1-6-14-25,26-15-7-2-8-16-26)23-31(22-24,27-17-9-3-10-18-27)28-19-11-4-12-20-28/h1-22H,23H2. The molecule has 0 amide bonds. The fourth-order valence-electron chi connectivity index (χ4n) is 4.60. The largest absolute Gasteiger partial charge is 0.290 e. The lowest BCUT2D eigenvalue weighted by Gasteiger charge is -2.39. The molecule has 31 heavy (non-hydrogen) atoms. The number of carbonyl (C=O) groups is 1. The molecule has 0 saturated carbocycles. The average Bonchev–Trinajstić information content (AvgIpc) is 2.86. The lowest BCUT2D eigenvalue weighted by Crippen LogP contribution is -2.33. The van der Waals surface area contributed by atoms with Crippen molar-refractivity contribution in [3.8, 4) is 0 Å². The van der Waals surface area contributed by atoms with E-state index in [2.05, 4.69) is 133 Å². The molecule has 152 valence electrons. The Morgan fingerprint density at radius 2 is 0.677 bits per heavy atom. The number of rotatable bonds is 4. The van der Waals surface area contributed by atoms with Crippen molar-refractivity contribution in [3.05, 3.63) is 121 Å². The van der Waals surface area contributed by atoms with Gasteiger partial charge in [0.15, 0.2) is 5.78 Å². The summed E-state index contributed by atoms with van der Waals surface area (Å²) in [5.74, 6) is 5.24. The van der Waals surface area contributed by atoms with Crippen LogP contribution in [0, 0.1) is 0 Å². The predicted octanol–water partition coefficient (Wildman–Crippen LogP) is 4.47. The van der Waals surface area contributed by atoms with E-state index in [1.165, 1.54) is 21.2 Å². The van der Waals surface area contributed by atoms with Gasteiger partial charge in [-0.25, -0.2) is 0 Å². The van der Waals surface area contributed by atoms with Crippen molar-refractivity contribution in [2.24, 2.45) is 0 Å². The number of Topliss-reactive ketones (excluding diaryl/α,β-unsaturated/α-hetero) is 1. The first kappa shape index (κ1) is 20.1. The van der Waals surface area contributed by atoms with Gasteiger partial charge in [-0.3, -0.25) is 4.79 Å². The Labute approximate surface area is 184 Å². The summed E-state index contributed by atoms with van der Waals surface area (Å²) in [6.07, 6.45) is 0. The number of hydrogen-bond acceptors (Lipinski definition) is 1. The number of hydrogen-bond donors (Lipinski definition) is 0. The molecule has 1 heterocycles. The van der Waals surface area contributed by atoms with Crippen LogP contribution in [0.2, 0.25) is 0 Å². The smallest absolute Gasteiger partial charge is 0.180 e. The highest BCUT2D eigenvalue weighted by Gasteiger charge is 2.36. The molecule has 1 nitrogen and oxygen atoms in total. The van der Waals surface area contributed by atoms with Gasteiger partial charge in [0.1, 0.15) is 0 Å². The van der Waals surface area contributed by atoms with Crippen LogP contribution in [-0.4, -0.2) is 23.3 Å². The van der Waals surface area contributed by atoms with E-state index in [-0.39, 0.29) is 5.78 Å².